The van der Waals surface area contributed by atoms with E-state index < -0.39 is 5.76 Å². The minimum Gasteiger partial charge on any atom is -0.374 e. The number of hydrogen-bond acceptors (Lipinski definition) is 4. The Balaban J connectivity index is 2.22. The van der Waals surface area contributed by atoms with Crippen LogP contribution in [0.2, 0.25) is 5.15 Å². The minimum absolute atomic E-state index is 0.281. The molecule has 2 rings (SSSR count). The molecule has 7 heteroatoms. The Hall–Kier alpha value is -1.24. The summed E-state index contributed by atoms with van der Waals surface area (Å²) in [4.78, 5) is 8.94. The lowest BCUT2D eigenvalue weighted by atomic mass is 10.1. The Bertz CT molecular complexity index is 596. The van der Waals surface area contributed by atoms with Crippen LogP contribution >= 0.6 is 23.4 Å². The second-order valence-electron chi connectivity index (χ2n) is 4.03. The molecule has 0 saturated carbocycles. The third-order valence-corrected chi connectivity index (χ3v) is 3.47. The van der Waals surface area contributed by atoms with Crippen LogP contribution in [0.1, 0.15) is 12.7 Å². The number of halogens is 3. The summed E-state index contributed by atoms with van der Waals surface area (Å²) in [6.45, 7) is 2.72. The van der Waals surface area contributed by atoms with Gasteiger partial charge in [-0.3, -0.25) is 0 Å². The number of nitrogens with zero attached hydrogens (tertiary/aromatic N) is 2. The van der Waals surface area contributed by atoms with Crippen LogP contribution in [0.4, 0.5) is 8.78 Å². The Kier molecular flexibility index (Phi) is 5.90. The average Bonchev–Trinajstić information content (AvgIpc) is 2.44. The number of ether oxygens (including phenoxy) is 1. The predicted molar refractivity (Wildman–Crippen MR) is 79.7 cm³/mol. The van der Waals surface area contributed by atoms with Gasteiger partial charge in [0, 0.05) is 23.1 Å². The van der Waals surface area contributed by atoms with Crippen LogP contribution in [0.5, 0.6) is 0 Å². The highest BCUT2D eigenvalue weighted by molar-refractivity contribution is 7.99. The summed E-state index contributed by atoms with van der Waals surface area (Å²) in [5, 5.41) is 0.320. The topological polar surface area (TPSA) is 35.0 Å². The van der Waals surface area contributed by atoms with Crippen molar-refractivity contribution in [2.45, 2.75) is 24.2 Å². The van der Waals surface area contributed by atoms with Gasteiger partial charge in [0.1, 0.15) is 11.8 Å². The maximum atomic E-state index is 12.3. The lowest BCUT2D eigenvalue weighted by Crippen LogP contribution is -2.00. The normalized spacial score (nSPS) is 11.1. The molecule has 0 saturated heterocycles. The second-order valence-corrected chi connectivity index (χ2v) is 5.48. The van der Waals surface area contributed by atoms with E-state index in [2.05, 4.69) is 9.97 Å². The number of rotatable bonds is 6. The number of benzene rings is 1. The standard InChI is InChI=1S/C14H13ClF2N2OS/c1-2-20-8-13-18-11(7-12(15)19-13)9-3-5-10(6-4-9)21-14(16)17/h3-7,14H,2,8H2,1H3. The molecule has 0 bridgehead atoms. The quantitative estimate of drug-likeness (QED) is 0.570. The Labute approximate surface area is 130 Å². The van der Waals surface area contributed by atoms with E-state index in [1.54, 1.807) is 30.3 Å². The zero-order chi connectivity index (χ0) is 15.2. The summed E-state index contributed by atoms with van der Waals surface area (Å²) in [5.41, 5.74) is 1.42. The fourth-order valence-electron chi connectivity index (χ4n) is 1.68. The molecule has 0 spiro atoms. The number of alkyl halides is 2. The molecule has 0 N–H and O–H groups in total. The van der Waals surface area contributed by atoms with Gasteiger partial charge >= 0.3 is 0 Å². The summed E-state index contributed by atoms with van der Waals surface area (Å²) in [6.07, 6.45) is 0. The number of thioether (sulfide) groups is 1. The van der Waals surface area contributed by atoms with Gasteiger partial charge in [-0.25, -0.2) is 9.97 Å². The molecule has 0 aliphatic carbocycles. The van der Waals surface area contributed by atoms with Gasteiger partial charge in [0.15, 0.2) is 5.82 Å². The first-order valence-corrected chi connectivity index (χ1v) is 7.50. The van der Waals surface area contributed by atoms with Crippen LogP contribution in [0.25, 0.3) is 11.3 Å². The highest BCUT2D eigenvalue weighted by Gasteiger charge is 2.08. The van der Waals surface area contributed by atoms with Crippen LogP contribution < -0.4 is 0 Å². The first-order chi connectivity index (χ1) is 10.1. The van der Waals surface area contributed by atoms with E-state index in [9.17, 15) is 8.78 Å². The van der Waals surface area contributed by atoms with E-state index in [-0.39, 0.29) is 6.61 Å². The Morgan fingerprint density at radius 3 is 2.57 bits per heavy atom. The predicted octanol–water partition coefficient (Wildman–Crippen LogP) is 4.65. The van der Waals surface area contributed by atoms with Crippen LogP contribution in [0, 0.1) is 0 Å². The van der Waals surface area contributed by atoms with E-state index in [1.807, 2.05) is 6.92 Å². The Morgan fingerprint density at radius 2 is 1.95 bits per heavy atom. The highest BCUT2D eigenvalue weighted by atomic mass is 35.5. The average molecular weight is 331 g/mol. The molecule has 0 aliphatic rings. The summed E-state index contributed by atoms with van der Waals surface area (Å²) in [7, 11) is 0. The second kappa shape index (κ2) is 7.68. The molecule has 1 aromatic carbocycles. The fraction of sp³-hybridized carbons (Fsp3) is 0.286. The molecule has 0 radical (unpaired) electrons. The third kappa shape index (κ3) is 4.91. The van der Waals surface area contributed by atoms with Gasteiger partial charge in [-0.2, -0.15) is 8.78 Å². The van der Waals surface area contributed by atoms with Crippen LogP contribution in [-0.4, -0.2) is 22.3 Å². The van der Waals surface area contributed by atoms with E-state index >= 15 is 0 Å². The maximum Gasteiger partial charge on any atom is 0.288 e. The molecule has 0 amide bonds. The van der Waals surface area contributed by atoms with E-state index in [0.717, 1.165) is 5.56 Å². The molecule has 0 aliphatic heterocycles. The SMILES string of the molecule is CCOCc1nc(Cl)cc(-c2ccc(SC(F)F)cc2)n1. The zero-order valence-electron chi connectivity index (χ0n) is 11.2. The maximum absolute atomic E-state index is 12.3. The molecule has 1 aromatic heterocycles. The van der Waals surface area contributed by atoms with Crippen LogP contribution in [0.15, 0.2) is 35.2 Å². The number of hydrogen-bond donors (Lipinski definition) is 0. The van der Waals surface area contributed by atoms with Gasteiger partial charge in [0.2, 0.25) is 0 Å². The third-order valence-electron chi connectivity index (χ3n) is 2.55. The molecular weight excluding hydrogens is 318 g/mol. The van der Waals surface area contributed by atoms with Crippen LogP contribution in [0.3, 0.4) is 0 Å². The van der Waals surface area contributed by atoms with Gasteiger partial charge in [0.25, 0.3) is 5.76 Å². The van der Waals surface area contributed by atoms with Crippen LogP contribution in [-0.2, 0) is 11.3 Å². The zero-order valence-corrected chi connectivity index (χ0v) is 12.8. The largest absolute Gasteiger partial charge is 0.374 e. The van der Waals surface area contributed by atoms with Crippen molar-refractivity contribution in [2.24, 2.45) is 0 Å². The summed E-state index contributed by atoms with van der Waals surface area (Å²) >= 11 is 6.48. The van der Waals surface area contributed by atoms with Gasteiger partial charge in [-0.05, 0) is 19.1 Å². The van der Waals surface area contributed by atoms with Crippen molar-refractivity contribution in [1.82, 2.24) is 9.97 Å². The van der Waals surface area contributed by atoms with Crippen molar-refractivity contribution in [3.63, 3.8) is 0 Å². The molecule has 0 unspecified atom stereocenters. The van der Waals surface area contributed by atoms with E-state index in [1.165, 1.54) is 0 Å². The van der Waals surface area contributed by atoms with Crippen molar-refractivity contribution >= 4 is 23.4 Å². The van der Waals surface area contributed by atoms with Gasteiger partial charge in [0.05, 0.1) is 5.69 Å². The lowest BCUT2D eigenvalue weighted by Gasteiger charge is -2.06. The van der Waals surface area contributed by atoms with Gasteiger partial charge < -0.3 is 4.74 Å². The fourth-order valence-corrected chi connectivity index (χ4v) is 2.38. The first kappa shape index (κ1) is 16.1. The van der Waals surface area contributed by atoms with Crippen molar-refractivity contribution in [3.8, 4) is 11.3 Å². The summed E-state index contributed by atoms with van der Waals surface area (Å²) in [6, 6.07) is 8.35. The summed E-state index contributed by atoms with van der Waals surface area (Å²) in [5.74, 6) is -1.94. The molecule has 3 nitrogen and oxygen atoms in total. The summed E-state index contributed by atoms with van der Waals surface area (Å²) < 4.78 is 29.8. The first-order valence-electron chi connectivity index (χ1n) is 6.25. The van der Waals surface area contributed by atoms with Gasteiger partial charge in [-0.15, -0.1) is 0 Å². The van der Waals surface area contributed by atoms with Crippen molar-refractivity contribution < 1.29 is 13.5 Å². The monoisotopic (exact) mass is 330 g/mol. The molecule has 112 valence electrons. The molecule has 0 fully saturated rings. The molecule has 0 atom stereocenters. The van der Waals surface area contributed by atoms with E-state index in [4.69, 9.17) is 16.3 Å². The molecule has 1 heterocycles. The van der Waals surface area contributed by atoms with Crippen molar-refractivity contribution in [3.05, 3.63) is 41.3 Å². The number of aromatic nitrogens is 2. The smallest absolute Gasteiger partial charge is 0.288 e. The van der Waals surface area contributed by atoms with Crippen molar-refractivity contribution in [2.75, 3.05) is 6.61 Å². The minimum atomic E-state index is -2.43. The van der Waals surface area contributed by atoms with Crippen molar-refractivity contribution in [1.29, 1.82) is 0 Å². The Morgan fingerprint density at radius 1 is 1.24 bits per heavy atom. The van der Waals surface area contributed by atoms with E-state index in [0.29, 0.717) is 39.9 Å². The molecule has 2 aromatic rings. The lowest BCUT2D eigenvalue weighted by molar-refractivity contribution is 0.128. The van der Waals surface area contributed by atoms with Gasteiger partial charge in [-0.1, -0.05) is 35.5 Å². The molecule has 21 heavy (non-hydrogen) atoms. The molecular formula is C14H13ClF2N2OS. The highest BCUT2D eigenvalue weighted by Crippen LogP contribution is 2.28.